The lowest BCUT2D eigenvalue weighted by atomic mass is 10.1. The van der Waals surface area contributed by atoms with Gasteiger partial charge in [-0.1, -0.05) is 17.0 Å². The van der Waals surface area contributed by atoms with Gasteiger partial charge in [0.25, 0.3) is 5.91 Å². The normalized spacial score (nSPS) is 9.90. The molecule has 0 aliphatic heterocycles. The molecule has 0 unspecified atom stereocenters. The SMILES string of the molecule is Cc1noc(NC(=O)c2cc(F)ccc2C#CCN)c1C. The van der Waals surface area contributed by atoms with Crippen molar-refractivity contribution in [3.05, 3.63) is 46.4 Å². The molecule has 2 aromatic rings. The number of halogens is 1. The standard InChI is InChI=1S/C15H14FN3O2/c1-9-10(2)19-21-15(9)18-14(20)13-8-12(16)6-5-11(13)4-3-7-17/h5-6,8H,7,17H2,1-2H3,(H,18,20). The van der Waals surface area contributed by atoms with E-state index in [0.717, 1.165) is 6.07 Å². The number of benzene rings is 1. The smallest absolute Gasteiger partial charge is 0.259 e. The zero-order valence-corrected chi connectivity index (χ0v) is 11.7. The van der Waals surface area contributed by atoms with Gasteiger partial charge in [0.05, 0.1) is 17.8 Å². The molecule has 0 radical (unpaired) electrons. The summed E-state index contributed by atoms with van der Waals surface area (Å²) in [5.41, 5.74) is 7.21. The first kappa shape index (κ1) is 14.8. The van der Waals surface area contributed by atoms with Crippen LogP contribution in [0.25, 0.3) is 0 Å². The third-order valence-corrected chi connectivity index (χ3v) is 2.94. The number of aryl methyl sites for hydroxylation is 1. The van der Waals surface area contributed by atoms with Crippen molar-refractivity contribution in [2.45, 2.75) is 13.8 Å². The number of carbonyl (C=O) groups is 1. The molecule has 6 heteroatoms. The molecule has 0 fully saturated rings. The van der Waals surface area contributed by atoms with Crippen molar-refractivity contribution in [1.82, 2.24) is 5.16 Å². The van der Waals surface area contributed by atoms with Crippen LogP contribution in [0.4, 0.5) is 10.3 Å². The third-order valence-electron chi connectivity index (χ3n) is 2.94. The first-order valence-electron chi connectivity index (χ1n) is 6.25. The highest BCUT2D eigenvalue weighted by molar-refractivity contribution is 6.05. The summed E-state index contributed by atoms with van der Waals surface area (Å²) in [6.45, 7) is 3.68. The van der Waals surface area contributed by atoms with E-state index in [2.05, 4.69) is 22.3 Å². The molecular weight excluding hydrogens is 273 g/mol. The van der Waals surface area contributed by atoms with E-state index >= 15 is 0 Å². The summed E-state index contributed by atoms with van der Waals surface area (Å²) in [6.07, 6.45) is 0. The lowest BCUT2D eigenvalue weighted by Gasteiger charge is -2.05. The Labute approximate surface area is 121 Å². The largest absolute Gasteiger partial charge is 0.338 e. The van der Waals surface area contributed by atoms with E-state index in [4.69, 9.17) is 10.3 Å². The van der Waals surface area contributed by atoms with Crippen LogP contribution < -0.4 is 11.1 Å². The Morgan fingerprint density at radius 2 is 2.24 bits per heavy atom. The van der Waals surface area contributed by atoms with Crippen molar-refractivity contribution >= 4 is 11.8 Å². The first-order valence-corrected chi connectivity index (χ1v) is 6.25. The minimum absolute atomic E-state index is 0.115. The predicted octanol–water partition coefficient (Wildman–Crippen LogP) is 1.99. The van der Waals surface area contributed by atoms with Crippen LogP contribution in [0, 0.1) is 31.5 Å². The Hall–Kier alpha value is -2.65. The van der Waals surface area contributed by atoms with Gasteiger partial charge < -0.3 is 10.3 Å². The van der Waals surface area contributed by atoms with E-state index in [9.17, 15) is 9.18 Å². The minimum Gasteiger partial charge on any atom is -0.338 e. The maximum Gasteiger partial charge on any atom is 0.259 e. The van der Waals surface area contributed by atoms with Gasteiger partial charge in [-0.05, 0) is 32.0 Å². The number of carbonyl (C=O) groups excluding carboxylic acids is 1. The number of hydrogen-bond donors (Lipinski definition) is 2. The number of rotatable bonds is 2. The van der Waals surface area contributed by atoms with Gasteiger partial charge in [-0.3, -0.25) is 10.1 Å². The second kappa shape index (κ2) is 6.20. The van der Waals surface area contributed by atoms with Gasteiger partial charge in [-0.25, -0.2) is 4.39 Å². The van der Waals surface area contributed by atoms with Crippen LogP contribution in [0.2, 0.25) is 0 Å². The molecule has 2 rings (SSSR count). The van der Waals surface area contributed by atoms with Crippen LogP contribution in [0.15, 0.2) is 22.7 Å². The molecule has 0 saturated heterocycles. The van der Waals surface area contributed by atoms with Crippen LogP contribution in [0.5, 0.6) is 0 Å². The summed E-state index contributed by atoms with van der Waals surface area (Å²) < 4.78 is 18.4. The molecule has 108 valence electrons. The number of hydrogen-bond acceptors (Lipinski definition) is 4. The van der Waals surface area contributed by atoms with Gasteiger partial charge in [0.1, 0.15) is 5.82 Å². The molecule has 0 aliphatic carbocycles. The monoisotopic (exact) mass is 287 g/mol. The molecule has 0 aliphatic rings. The van der Waals surface area contributed by atoms with Crippen LogP contribution >= 0.6 is 0 Å². The van der Waals surface area contributed by atoms with Crippen molar-refractivity contribution in [1.29, 1.82) is 0 Å². The lowest BCUT2D eigenvalue weighted by Crippen LogP contribution is -2.14. The molecule has 0 atom stereocenters. The molecule has 5 nitrogen and oxygen atoms in total. The van der Waals surface area contributed by atoms with Gasteiger partial charge in [-0.2, -0.15) is 0 Å². The lowest BCUT2D eigenvalue weighted by molar-refractivity contribution is 0.102. The maximum atomic E-state index is 13.4. The van der Waals surface area contributed by atoms with Gasteiger partial charge >= 0.3 is 0 Å². The zero-order chi connectivity index (χ0) is 15.4. The fourth-order valence-electron chi connectivity index (χ4n) is 1.66. The van der Waals surface area contributed by atoms with Gasteiger partial charge in [0.2, 0.25) is 5.88 Å². The molecule has 3 N–H and O–H groups in total. The second-order valence-electron chi connectivity index (χ2n) is 4.37. The number of anilines is 1. The highest BCUT2D eigenvalue weighted by Gasteiger charge is 2.16. The predicted molar refractivity (Wildman–Crippen MR) is 76.3 cm³/mol. The van der Waals surface area contributed by atoms with Gasteiger partial charge in [0, 0.05) is 11.1 Å². The Morgan fingerprint density at radius 3 is 2.86 bits per heavy atom. The van der Waals surface area contributed by atoms with Gasteiger partial charge in [0.15, 0.2) is 0 Å². The van der Waals surface area contributed by atoms with Crippen molar-refractivity contribution in [3.8, 4) is 11.8 Å². The summed E-state index contributed by atoms with van der Waals surface area (Å²) in [6, 6.07) is 3.79. The van der Waals surface area contributed by atoms with Crippen LogP contribution in [-0.2, 0) is 0 Å². The van der Waals surface area contributed by atoms with E-state index in [0.29, 0.717) is 16.8 Å². The fraction of sp³-hybridized carbons (Fsp3) is 0.200. The van der Waals surface area contributed by atoms with E-state index < -0.39 is 11.7 Å². The first-order chi connectivity index (χ1) is 10.0. The average Bonchev–Trinajstić information content (AvgIpc) is 2.78. The van der Waals surface area contributed by atoms with Gasteiger partial charge in [-0.15, -0.1) is 0 Å². The molecule has 21 heavy (non-hydrogen) atoms. The molecule has 1 aromatic carbocycles. The van der Waals surface area contributed by atoms with Crippen LogP contribution in [-0.4, -0.2) is 17.6 Å². The van der Waals surface area contributed by atoms with E-state index in [1.165, 1.54) is 12.1 Å². The number of nitrogens with two attached hydrogens (primary N) is 1. The maximum absolute atomic E-state index is 13.4. The molecule has 1 amide bonds. The summed E-state index contributed by atoms with van der Waals surface area (Å²) >= 11 is 0. The summed E-state index contributed by atoms with van der Waals surface area (Å²) in [5.74, 6) is 4.57. The average molecular weight is 287 g/mol. The summed E-state index contributed by atoms with van der Waals surface area (Å²) in [4.78, 5) is 12.2. The molecule has 0 spiro atoms. The zero-order valence-electron chi connectivity index (χ0n) is 11.7. The number of nitrogens with one attached hydrogen (secondary N) is 1. The number of aromatic nitrogens is 1. The molecule has 1 aromatic heterocycles. The van der Waals surface area contributed by atoms with E-state index in [1.807, 2.05) is 0 Å². The Balaban J connectivity index is 2.34. The van der Waals surface area contributed by atoms with Crippen LogP contribution in [0.1, 0.15) is 27.2 Å². The van der Waals surface area contributed by atoms with Crippen LogP contribution in [0.3, 0.4) is 0 Å². The molecule has 0 bridgehead atoms. The second-order valence-corrected chi connectivity index (χ2v) is 4.37. The Morgan fingerprint density at radius 1 is 1.48 bits per heavy atom. The molecule has 0 saturated carbocycles. The van der Waals surface area contributed by atoms with E-state index in [1.54, 1.807) is 13.8 Å². The highest BCUT2D eigenvalue weighted by Crippen LogP contribution is 2.19. The minimum atomic E-state index is -0.524. The van der Waals surface area contributed by atoms with Crippen molar-refractivity contribution in [2.75, 3.05) is 11.9 Å². The molecular formula is C15H14FN3O2. The number of nitrogens with zero attached hydrogens (tertiary/aromatic N) is 1. The number of amides is 1. The summed E-state index contributed by atoms with van der Waals surface area (Å²) in [5, 5.41) is 6.30. The van der Waals surface area contributed by atoms with E-state index in [-0.39, 0.29) is 18.0 Å². The van der Waals surface area contributed by atoms with Crippen molar-refractivity contribution in [3.63, 3.8) is 0 Å². The quantitative estimate of drug-likeness (QED) is 0.828. The Kier molecular flexibility index (Phi) is 4.36. The fourth-order valence-corrected chi connectivity index (χ4v) is 1.66. The van der Waals surface area contributed by atoms with Crippen molar-refractivity contribution in [2.24, 2.45) is 5.73 Å². The Bertz CT molecular complexity index is 741. The molecule has 1 heterocycles. The topological polar surface area (TPSA) is 81.2 Å². The third kappa shape index (κ3) is 3.27. The summed E-state index contributed by atoms with van der Waals surface area (Å²) in [7, 11) is 0. The highest BCUT2D eigenvalue weighted by atomic mass is 19.1. The van der Waals surface area contributed by atoms with Crippen molar-refractivity contribution < 1.29 is 13.7 Å².